The Morgan fingerprint density at radius 3 is 2.26 bits per heavy atom. The smallest absolute Gasteiger partial charge is 0.208 e. The molecule has 2 aromatic rings. The molecule has 0 saturated carbocycles. The number of hydrogen-bond acceptors (Lipinski definition) is 2. The molecule has 1 atom stereocenters. The van der Waals surface area contributed by atoms with Gasteiger partial charge in [0.25, 0.3) is 0 Å². The van der Waals surface area contributed by atoms with E-state index in [-0.39, 0.29) is 10.8 Å². The molecule has 0 saturated heterocycles. The van der Waals surface area contributed by atoms with Crippen LogP contribution in [0.25, 0.3) is 0 Å². The normalized spacial score (nSPS) is 23.4. The SMILES string of the molecule is CC.CN(C)C1=C[NH+](C2=C(/C=C/C3=[NH+]c4ccccc4C3(C)C)CCC/C2=C\C=C2\Nc3ccccc3C2(C)C)C=C1. The maximum atomic E-state index is 3.70. The fraction of sp³-hybridized carbons (Fsp3) is 0.342. The molecule has 3 N–H and O–H groups in total. The van der Waals surface area contributed by atoms with Gasteiger partial charge in [-0.15, -0.1) is 0 Å². The fourth-order valence-corrected chi connectivity index (χ4v) is 6.53. The molecule has 3 heterocycles. The molecular weight excluding hydrogens is 512 g/mol. The van der Waals surface area contributed by atoms with Gasteiger partial charge in [0, 0.05) is 65.8 Å². The van der Waals surface area contributed by atoms with Crippen molar-refractivity contribution in [3.63, 3.8) is 0 Å². The van der Waals surface area contributed by atoms with Crippen LogP contribution in [0.3, 0.4) is 0 Å². The summed E-state index contributed by atoms with van der Waals surface area (Å²) in [6, 6.07) is 17.3. The Kier molecular flexibility index (Phi) is 8.30. The Morgan fingerprint density at radius 1 is 0.857 bits per heavy atom. The van der Waals surface area contributed by atoms with E-state index in [4.69, 9.17) is 0 Å². The van der Waals surface area contributed by atoms with Crippen molar-refractivity contribution in [3.8, 4) is 0 Å². The molecule has 0 fully saturated rings. The first kappa shape index (κ1) is 29.6. The van der Waals surface area contributed by atoms with Gasteiger partial charge in [-0.3, -0.25) is 0 Å². The summed E-state index contributed by atoms with van der Waals surface area (Å²) in [5.74, 6) is 0. The van der Waals surface area contributed by atoms with Crippen molar-refractivity contribution in [1.29, 1.82) is 0 Å². The minimum Gasteiger partial charge on any atom is -0.373 e. The number of fused-ring (bicyclic) bond motifs is 2. The van der Waals surface area contributed by atoms with Gasteiger partial charge in [0.1, 0.15) is 18.1 Å². The van der Waals surface area contributed by atoms with Crippen molar-refractivity contribution < 1.29 is 9.89 Å². The number of benzene rings is 2. The van der Waals surface area contributed by atoms with Crippen LogP contribution >= 0.6 is 0 Å². The number of nitrogens with one attached hydrogen (secondary N) is 3. The summed E-state index contributed by atoms with van der Waals surface area (Å²) in [5.41, 5.74) is 13.0. The number of anilines is 1. The van der Waals surface area contributed by atoms with Gasteiger partial charge in [-0.1, -0.05) is 70.2 Å². The van der Waals surface area contributed by atoms with Crippen LogP contribution in [0.2, 0.25) is 0 Å². The number of quaternary nitrogens is 1. The number of allylic oxidation sites excluding steroid dienone is 8. The summed E-state index contributed by atoms with van der Waals surface area (Å²) in [4.78, 5) is 7.19. The van der Waals surface area contributed by atoms with E-state index in [9.17, 15) is 0 Å². The van der Waals surface area contributed by atoms with Gasteiger partial charge < -0.3 is 10.2 Å². The largest absolute Gasteiger partial charge is 0.373 e. The minimum absolute atomic E-state index is 0.0430. The molecule has 4 aliphatic rings. The number of hydrogen-bond donors (Lipinski definition) is 3. The van der Waals surface area contributed by atoms with E-state index in [0.29, 0.717) is 0 Å². The highest BCUT2D eigenvalue weighted by Gasteiger charge is 2.40. The van der Waals surface area contributed by atoms with Gasteiger partial charge in [0.05, 0.1) is 11.1 Å². The molecule has 3 aliphatic heterocycles. The first-order valence-corrected chi connectivity index (χ1v) is 15.5. The number of nitrogens with zero attached hydrogens (tertiary/aromatic N) is 1. The summed E-state index contributed by atoms with van der Waals surface area (Å²) in [6.45, 7) is 13.3. The van der Waals surface area contributed by atoms with Crippen molar-refractivity contribution >= 4 is 17.1 Å². The van der Waals surface area contributed by atoms with Crippen molar-refractivity contribution in [3.05, 3.63) is 131 Å². The summed E-state index contributed by atoms with van der Waals surface area (Å²) in [5, 5.41) is 3.70. The van der Waals surface area contributed by atoms with Crippen LogP contribution in [-0.4, -0.2) is 24.7 Å². The maximum Gasteiger partial charge on any atom is 0.208 e. The summed E-state index contributed by atoms with van der Waals surface area (Å²) >= 11 is 0. The molecule has 0 radical (unpaired) electrons. The summed E-state index contributed by atoms with van der Waals surface area (Å²) < 4.78 is 0. The van der Waals surface area contributed by atoms with Crippen LogP contribution in [-0.2, 0) is 10.8 Å². The fourth-order valence-electron chi connectivity index (χ4n) is 6.53. The molecule has 1 unspecified atom stereocenters. The molecule has 218 valence electrons. The number of para-hydroxylation sites is 2. The van der Waals surface area contributed by atoms with E-state index in [2.05, 4.69) is 148 Å². The third kappa shape index (κ3) is 5.36. The first-order chi connectivity index (χ1) is 20.2. The Morgan fingerprint density at radius 2 is 1.57 bits per heavy atom. The monoisotopic (exact) mass is 560 g/mol. The predicted octanol–water partition coefficient (Wildman–Crippen LogP) is 6.18. The molecule has 0 spiro atoms. The predicted molar refractivity (Wildman–Crippen MR) is 178 cm³/mol. The lowest BCUT2D eigenvalue weighted by molar-refractivity contribution is -0.741. The molecule has 4 nitrogen and oxygen atoms in total. The molecule has 1 aliphatic carbocycles. The lowest BCUT2D eigenvalue weighted by Crippen LogP contribution is -3.00. The van der Waals surface area contributed by atoms with Gasteiger partial charge in [-0.25, -0.2) is 9.89 Å². The third-order valence-corrected chi connectivity index (χ3v) is 9.07. The van der Waals surface area contributed by atoms with E-state index in [1.54, 1.807) is 0 Å². The van der Waals surface area contributed by atoms with Crippen LogP contribution < -0.4 is 15.2 Å². The van der Waals surface area contributed by atoms with E-state index in [1.807, 2.05) is 13.8 Å². The topological polar surface area (TPSA) is 33.7 Å². The van der Waals surface area contributed by atoms with Gasteiger partial charge >= 0.3 is 0 Å². The van der Waals surface area contributed by atoms with Crippen molar-refractivity contribution in [2.45, 2.75) is 71.6 Å². The highest BCUT2D eigenvalue weighted by molar-refractivity contribution is 6.02. The summed E-state index contributed by atoms with van der Waals surface area (Å²) in [6.07, 6.45) is 19.6. The highest BCUT2D eigenvalue weighted by Crippen LogP contribution is 2.43. The zero-order valence-corrected chi connectivity index (χ0v) is 26.7. The molecular formula is C38H48N4+2. The zero-order valence-electron chi connectivity index (χ0n) is 26.7. The zero-order chi connectivity index (χ0) is 30.1. The quantitative estimate of drug-likeness (QED) is 0.408. The van der Waals surface area contributed by atoms with Gasteiger partial charge in [0.2, 0.25) is 5.69 Å². The van der Waals surface area contributed by atoms with Crippen molar-refractivity contribution in [2.24, 2.45) is 0 Å². The molecule has 4 heteroatoms. The van der Waals surface area contributed by atoms with Crippen LogP contribution in [0, 0.1) is 0 Å². The Labute approximate surface area is 253 Å². The molecule has 0 bridgehead atoms. The summed E-state index contributed by atoms with van der Waals surface area (Å²) in [7, 11) is 4.23. The standard InChI is InChI=1S/C36H40N4.C2H6/c1-35(2)28-14-7-9-16-30(28)37-32(35)20-18-25-12-11-13-26(34(25)40-23-22-27(24-40)39(5)6)19-21-33-36(3,4)29-15-8-10-17-31(29)38-33;1-2/h7-10,14-24,37H,11-13H2,1-6H3;1-2H3/p+2/b21-19+,25-18+,32-20+;. The minimum atomic E-state index is -0.0430. The van der Waals surface area contributed by atoms with Crippen molar-refractivity contribution in [1.82, 2.24) is 4.90 Å². The van der Waals surface area contributed by atoms with E-state index in [0.717, 1.165) is 19.3 Å². The molecule has 2 aromatic carbocycles. The first-order valence-electron chi connectivity index (χ1n) is 15.5. The lowest BCUT2D eigenvalue weighted by atomic mass is 9.81. The number of rotatable bonds is 5. The molecule has 42 heavy (non-hydrogen) atoms. The molecule has 0 amide bonds. The van der Waals surface area contributed by atoms with Crippen molar-refractivity contribution in [2.75, 3.05) is 19.4 Å². The average Bonchev–Trinajstić information content (AvgIpc) is 3.65. The van der Waals surface area contributed by atoms with Gasteiger partial charge in [-0.05, 0) is 56.9 Å². The van der Waals surface area contributed by atoms with Gasteiger partial charge in [0.15, 0.2) is 5.71 Å². The van der Waals surface area contributed by atoms with E-state index >= 15 is 0 Å². The lowest BCUT2D eigenvalue weighted by Gasteiger charge is -2.24. The van der Waals surface area contributed by atoms with E-state index in [1.165, 1.54) is 61.4 Å². The highest BCUT2D eigenvalue weighted by atomic mass is 15.2. The third-order valence-electron chi connectivity index (χ3n) is 9.07. The van der Waals surface area contributed by atoms with E-state index < -0.39 is 0 Å². The Hall–Kier alpha value is -3.89. The van der Waals surface area contributed by atoms with Crippen LogP contribution in [0.15, 0.2) is 120 Å². The van der Waals surface area contributed by atoms with Gasteiger partial charge in [-0.2, -0.15) is 0 Å². The number of likely N-dealkylation sites (N-methyl/N-ethyl adjacent to an activating group) is 1. The van der Waals surface area contributed by atoms with Crippen LogP contribution in [0.1, 0.15) is 71.9 Å². The van der Waals surface area contributed by atoms with Crippen LogP contribution in [0.5, 0.6) is 0 Å². The Bertz CT molecular complexity index is 1570. The second-order valence-corrected chi connectivity index (χ2v) is 12.6. The maximum absolute atomic E-state index is 3.70. The Balaban J connectivity index is 0.00000173. The molecule has 0 aromatic heterocycles. The second kappa shape index (κ2) is 11.8. The molecule has 6 rings (SSSR count). The van der Waals surface area contributed by atoms with Crippen LogP contribution in [0.4, 0.5) is 11.4 Å². The second-order valence-electron chi connectivity index (χ2n) is 12.6. The average molecular weight is 561 g/mol.